The molecule has 0 bridgehead atoms. The first-order valence-electron chi connectivity index (χ1n) is 7.94. The average Bonchev–Trinajstić information content (AvgIpc) is 3.10. The molecule has 1 heterocycles. The Kier molecular flexibility index (Phi) is 4.20. The van der Waals surface area contributed by atoms with E-state index in [0.29, 0.717) is 34.5 Å². The van der Waals surface area contributed by atoms with Gasteiger partial charge in [0.05, 0.1) is 17.1 Å². The van der Waals surface area contributed by atoms with Gasteiger partial charge in [0.15, 0.2) is 0 Å². The van der Waals surface area contributed by atoms with Crippen molar-refractivity contribution in [3.8, 4) is 0 Å². The fourth-order valence-electron chi connectivity index (χ4n) is 3.10. The van der Waals surface area contributed by atoms with Crippen molar-refractivity contribution in [2.75, 3.05) is 13.1 Å². The van der Waals surface area contributed by atoms with E-state index < -0.39 is 0 Å². The Balaban J connectivity index is 1.76. The van der Waals surface area contributed by atoms with E-state index in [9.17, 15) is 4.79 Å². The fourth-order valence-corrected chi connectivity index (χ4v) is 3.59. The minimum atomic E-state index is -0.161. The molecule has 0 saturated heterocycles. The molecule has 25 heavy (non-hydrogen) atoms. The molecule has 4 rings (SSSR count). The summed E-state index contributed by atoms with van der Waals surface area (Å²) in [5.41, 5.74) is 1.38. The number of amides is 1. The molecule has 0 radical (unpaired) electrons. The largest absolute Gasteiger partial charge is 0.291 e. The topological polar surface area (TPSA) is 32.7 Å². The maximum Gasteiger partial charge on any atom is 0.261 e. The van der Waals surface area contributed by atoms with Crippen LogP contribution in [0.2, 0.25) is 10.0 Å². The van der Waals surface area contributed by atoms with Crippen LogP contribution in [-0.4, -0.2) is 29.7 Å². The van der Waals surface area contributed by atoms with Gasteiger partial charge in [0, 0.05) is 17.1 Å². The van der Waals surface area contributed by atoms with Gasteiger partial charge in [0.25, 0.3) is 5.91 Å². The predicted octanol–water partition coefficient (Wildman–Crippen LogP) is 5.05. The van der Waals surface area contributed by atoms with Crippen LogP contribution in [0.4, 0.5) is 0 Å². The number of aliphatic imine (C=N–C) groups is 1. The summed E-state index contributed by atoms with van der Waals surface area (Å²) < 4.78 is 0. The Morgan fingerprint density at radius 1 is 1.00 bits per heavy atom. The lowest BCUT2D eigenvalue weighted by molar-refractivity contribution is 0.0858. The third kappa shape index (κ3) is 2.90. The molecule has 3 nitrogen and oxygen atoms in total. The molecular weight excluding hydrogens is 355 g/mol. The molecule has 0 fully saturated rings. The molecule has 1 aliphatic heterocycles. The first kappa shape index (κ1) is 16.1. The second kappa shape index (κ2) is 6.51. The summed E-state index contributed by atoms with van der Waals surface area (Å²) in [6.45, 7) is 1.12. The van der Waals surface area contributed by atoms with Gasteiger partial charge >= 0.3 is 0 Å². The fraction of sp³-hybridized carbons (Fsp3) is 0.100. The highest BCUT2D eigenvalue weighted by Gasteiger charge is 2.28. The number of carbonyl (C=O) groups is 1. The van der Waals surface area contributed by atoms with Crippen LogP contribution in [0.15, 0.2) is 65.7 Å². The minimum Gasteiger partial charge on any atom is -0.291 e. The van der Waals surface area contributed by atoms with Crippen LogP contribution in [0.5, 0.6) is 0 Å². The van der Waals surface area contributed by atoms with Gasteiger partial charge in [-0.05, 0) is 29.0 Å². The number of carbonyl (C=O) groups excluding carboxylic acids is 1. The van der Waals surface area contributed by atoms with Crippen LogP contribution < -0.4 is 0 Å². The van der Waals surface area contributed by atoms with Gasteiger partial charge in [-0.25, -0.2) is 0 Å². The van der Waals surface area contributed by atoms with Crippen molar-refractivity contribution in [1.82, 2.24) is 4.90 Å². The van der Waals surface area contributed by atoms with E-state index in [1.54, 1.807) is 23.1 Å². The molecule has 3 aromatic rings. The number of benzene rings is 3. The number of amidine groups is 1. The van der Waals surface area contributed by atoms with Crippen LogP contribution in [0.3, 0.4) is 0 Å². The highest BCUT2D eigenvalue weighted by atomic mass is 35.5. The summed E-state index contributed by atoms with van der Waals surface area (Å²) in [7, 11) is 0. The Morgan fingerprint density at radius 2 is 1.80 bits per heavy atom. The highest BCUT2D eigenvalue weighted by Crippen LogP contribution is 2.26. The second-order valence-electron chi connectivity index (χ2n) is 5.81. The summed E-state index contributed by atoms with van der Waals surface area (Å²) in [5, 5.41) is 3.05. The molecule has 5 heteroatoms. The molecule has 0 saturated carbocycles. The molecule has 1 aliphatic rings. The summed E-state index contributed by atoms with van der Waals surface area (Å²) in [5.74, 6) is 0.527. The van der Waals surface area contributed by atoms with Crippen molar-refractivity contribution in [2.45, 2.75) is 0 Å². The molecule has 0 atom stereocenters. The van der Waals surface area contributed by atoms with Crippen molar-refractivity contribution >= 4 is 45.7 Å². The van der Waals surface area contributed by atoms with E-state index in [4.69, 9.17) is 23.2 Å². The van der Waals surface area contributed by atoms with Crippen molar-refractivity contribution in [3.05, 3.63) is 81.8 Å². The lowest BCUT2D eigenvalue weighted by atomic mass is 10.0. The third-order valence-electron chi connectivity index (χ3n) is 4.28. The first-order valence-corrected chi connectivity index (χ1v) is 8.70. The van der Waals surface area contributed by atoms with E-state index in [-0.39, 0.29) is 5.91 Å². The van der Waals surface area contributed by atoms with E-state index in [1.165, 1.54) is 0 Å². The van der Waals surface area contributed by atoms with Crippen molar-refractivity contribution in [1.29, 1.82) is 0 Å². The predicted molar refractivity (Wildman–Crippen MR) is 103 cm³/mol. The van der Waals surface area contributed by atoms with Crippen LogP contribution in [0.1, 0.15) is 15.9 Å². The standard InChI is InChI=1S/C20H14Cl2N2O/c21-14-8-9-17(18(22)12-14)20(25)24-11-10-23-19(24)16-7-3-5-13-4-1-2-6-15(13)16/h1-9,12H,10-11H2. The zero-order valence-electron chi connectivity index (χ0n) is 13.2. The minimum absolute atomic E-state index is 0.161. The smallest absolute Gasteiger partial charge is 0.261 e. The zero-order valence-corrected chi connectivity index (χ0v) is 14.8. The van der Waals surface area contributed by atoms with Gasteiger partial charge in [-0.3, -0.25) is 14.7 Å². The number of hydrogen-bond donors (Lipinski definition) is 0. The van der Waals surface area contributed by atoms with E-state index >= 15 is 0 Å². The maximum atomic E-state index is 13.0. The molecule has 0 aliphatic carbocycles. The lowest BCUT2D eigenvalue weighted by Crippen LogP contribution is -2.35. The second-order valence-corrected chi connectivity index (χ2v) is 6.66. The van der Waals surface area contributed by atoms with Gasteiger partial charge in [-0.2, -0.15) is 0 Å². The normalized spacial score (nSPS) is 14.0. The Hall–Kier alpha value is -2.36. The van der Waals surface area contributed by atoms with Crippen LogP contribution in [0, 0.1) is 0 Å². The monoisotopic (exact) mass is 368 g/mol. The summed E-state index contributed by atoms with van der Waals surface area (Å²) in [4.78, 5) is 19.3. The van der Waals surface area contributed by atoms with Crippen molar-refractivity contribution < 1.29 is 4.79 Å². The van der Waals surface area contributed by atoms with Gasteiger partial charge in [0.1, 0.15) is 5.84 Å². The molecule has 0 N–H and O–H groups in total. The highest BCUT2D eigenvalue weighted by molar-refractivity contribution is 6.37. The SMILES string of the molecule is O=C(c1ccc(Cl)cc1Cl)N1CCN=C1c1cccc2ccccc12. The molecular formula is C20H14Cl2N2O. The third-order valence-corrected chi connectivity index (χ3v) is 4.83. The average molecular weight is 369 g/mol. The Bertz CT molecular complexity index is 1010. The van der Waals surface area contributed by atoms with E-state index in [2.05, 4.69) is 17.1 Å². The summed E-state index contributed by atoms with van der Waals surface area (Å²) >= 11 is 12.2. The molecule has 0 aromatic heterocycles. The van der Waals surface area contributed by atoms with Gasteiger partial charge in [-0.1, -0.05) is 65.7 Å². The Labute approximate surface area is 155 Å². The van der Waals surface area contributed by atoms with E-state index in [0.717, 1.165) is 16.3 Å². The number of halogens is 2. The molecule has 0 unspecified atom stereocenters. The summed E-state index contributed by atoms with van der Waals surface area (Å²) in [6.07, 6.45) is 0. The first-order chi connectivity index (χ1) is 12.1. The number of rotatable bonds is 2. The van der Waals surface area contributed by atoms with Gasteiger partial charge < -0.3 is 0 Å². The van der Waals surface area contributed by atoms with Crippen molar-refractivity contribution in [2.24, 2.45) is 4.99 Å². The quantitative estimate of drug-likeness (QED) is 0.622. The molecule has 3 aromatic carbocycles. The molecule has 1 amide bonds. The van der Waals surface area contributed by atoms with Gasteiger partial charge in [-0.15, -0.1) is 0 Å². The van der Waals surface area contributed by atoms with Gasteiger partial charge in [0.2, 0.25) is 0 Å². The lowest BCUT2D eigenvalue weighted by Gasteiger charge is -2.20. The van der Waals surface area contributed by atoms with E-state index in [1.807, 2.05) is 30.3 Å². The molecule has 0 spiro atoms. The number of fused-ring (bicyclic) bond motifs is 1. The Morgan fingerprint density at radius 3 is 2.64 bits per heavy atom. The number of nitrogens with zero attached hydrogens (tertiary/aromatic N) is 2. The van der Waals surface area contributed by atoms with Crippen molar-refractivity contribution in [3.63, 3.8) is 0 Å². The summed E-state index contributed by atoms with van der Waals surface area (Å²) in [6, 6.07) is 19.0. The van der Waals surface area contributed by atoms with Crippen LogP contribution in [-0.2, 0) is 0 Å². The number of hydrogen-bond acceptors (Lipinski definition) is 2. The van der Waals surface area contributed by atoms with Crippen LogP contribution >= 0.6 is 23.2 Å². The molecule has 124 valence electrons. The maximum absolute atomic E-state index is 13.0. The zero-order chi connectivity index (χ0) is 17.4. The van der Waals surface area contributed by atoms with Crippen LogP contribution in [0.25, 0.3) is 10.8 Å².